The molecule has 2 aliphatic rings. The molecule has 2 saturated carbocycles. The van der Waals surface area contributed by atoms with Gasteiger partial charge in [0.2, 0.25) is 0 Å². The van der Waals surface area contributed by atoms with Gasteiger partial charge in [-0.2, -0.15) is 0 Å². The largest absolute Gasteiger partial charge is 0.465 e. The van der Waals surface area contributed by atoms with E-state index in [0.29, 0.717) is 24.4 Å². The zero-order valence-corrected chi connectivity index (χ0v) is 18.5. The first-order chi connectivity index (χ1) is 12.8. The summed E-state index contributed by atoms with van der Waals surface area (Å²) in [5.74, 6) is 1.21. The molecule has 0 radical (unpaired) electrons. The molecule has 0 spiro atoms. The lowest BCUT2D eigenvalue weighted by Gasteiger charge is -2.38. The minimum Gasteiger partial charge on any atom is -0.465 e. The van der Waals surface area contributed by atoms with Crippen LogP contribution in [0.1, 0.15) is 45.4 Å². The number of hydrogen-bond acceptors (Lipinski definition) is 3. The van der Waals surface area contributed by atoms with Crippen LogP contribution in [0, 0.1) is 11.7 Å². The van der Waals surface area contributed by atoms with Crippen LogP contribution in [0.4, 0.5) is 10.1 Å². The van der Waals surface area contributed by atoms with Gasteiger partial charge in [0.25, 0.3) is 0 Å². The van der Waals surface area contributed by atoms with E-state index in [1.54, 1.807) is 6.07 Å². The van der Waals surface area contributed by atoms with Gasteiger partial charge in [0.05, 0.1) is 5.69 Å². The van der Waals surface area contributed by atoms with Gasteiger partial charge in [-0.05, 0) is 62.6 Å². The maximum atomic E-state index is 13.9. The van der Waals surface area contributed by atoms with E-state index in [-0.39, 0.29) is 12.6 Å². The third-order valence-electron chi connectivity index (χ3n) is 5.81. The average molecular weight is 394 g/mol. The van der Waals surface area contributed by atoms with Crippen molar-refractivity contribution in [2.24, 2.45) is 5.92 Å². The van der Waals surface area contributed by atoms with Gasteiger partial charge in [0.1, 0.15) is 11.6 Å². The maximum absolute atomic E-state index is 13.9. The summed E-state index contributed by atoms with van der Waals surface area (Å²) in [4.78, 5) is 2.53. The summed E-state index contributed by atoms with van der Waals surface area (Å²) in [5.41, 5.74) is 1.05. The molecule has 5 heteroatoms. The summed E-state index contributed by atoms with van der Waals surface area (Å²) in [7, 11) is -1.11. The standard InChI is InChI=1S/C22H36FNO2Si/c1-17-5-8-19(9-6-17)24(20-10-11-20)21-12-7-18(23)15-22(21)26-16-25-13-14-27(2,3)4/h7,12,15,17,19-20H,5-6,8-11,13-14,16H2,1-4H3. The van der Waals surface area contributed by atoms with E-state index in [1.807, 2.05) is 6.07 Å². The Hall–Kier alpha value is -1.07. The Morgan fingerprint density at radius 1 is 1.04 bits per heavy atom. The van der Waals surface area contributed by atoms with E-state index >= 15 is 0 Å². The predicted molar refractivity (Wildman–Crippen MR) is 113 cm³/mol. The topological polar surface area (TPSA) is 21.7 Å². The van der Waals surface area contributed by atoms with Crippen LogP contribution in [-0.2, 0) is 4.74 Å². The molecule has 0 N–H and O–H groups in total. The Morgan fingerprint density at radius 2 is 1.67 bits per heavy atom. The van der Waals surface area contributed by atoms with E-state index in [4.69, 9.17) is 9.47 Å². The average Bonchev–Trinajstić information content (AvgIpc) is 3.42. The highest BCUT2D eigenvalue weighted by atomic mass is 28.3. The van der Waals surface area contributed by atoms with Gasteiger partial charge < -0.3 is 14.4 Å². The number of halogens is 1. The molecule has 0 aromatic heterocycles. The first-order valence-corrected chi connectivity index (χ1v) is 14.3. The fraction of sp³-hybridized carbons (Fsp3) is 0.727. The van der Waals surface area contributed by atoms with Crippen LogP contribution in [0.25, 0.3) is 0 Å². The van der Waals surface area contributed by atoms with Crippen LogP contribution in [0.3, 0.4) is 0 Å². The molecule has 27 heavy (non-hydrogen) atoms. The van der Waals surface area contributed by atoms with Gasteiger partial charge in [-0.1, -0.05) is 26.6 Å². The predicted octanol–water partition coefficient (Wildman–Crippen LogP) is 6.06. The number of nitrogens with zero attached hydrogens (tertiary/aromatic N) is 1. The monoisotopic (exact) mass is 393 g/mol. The maximum Gasteiger partial charge on any atom is 0.189 e. The minimum atomic E-state index is -1.11. The molecule has 152 valence electrons. The summed E-state index contributed by atoms with van der Waals surface area (Å²) in [5, 5.41) is 0. The normalized spacial score (nSPS) is 23.3. The molecule has 0 amide bonds. The van der Waals surface area contributed by atoms with Gasteiger partial charge in [-0.3, -0.25) is 0 Å². The zero-order chi connectivity index (χ0) is 19.4. The first kappa shape index (κ1) is 20.7. The first-order valence-electron chi connectivity index (χ1n) is 10.6. The van der Waals surface area contributed by atoms with Crippen molar-refractivity contribution in [2.75, 3.05) is 18.3 Å². The summed E-state index contributed by atoms with van der Waals surface area (Å²) in [6.07, 6.45) is 7.48. The van der Waals surface area contributed by atoms with Crippen LogP contribution < -0.4 is 9.64 Å². The minimum absolute atomic E-state index is 0.196. The van der Waals surface area contributed by atoms with Crippen LogP contribution in [0.5, 0.6) is 5.75 Å². The molecule has 0 aliphatic heterocycles. The Bertz CT molecular complexity index is 607. The molecule has 0 bridgehead atoms. The van der Waals surface area contributed by atoms with E-state index in [1.165, 1.54) is 44.6 Å². The van der Waals surface area contributed by atoms with Crippen molar-refractivity contribution in [3.8, 4) is 5.75 Å². The highest BCUT2D eigenvalue weighted by molar-refractivity contribution is 6.76. The van der Waals surface area contributed by atoms with Crippen molar-refractivity contribution in [1.82, 2.24) is 0 Å². The van der Waals surface area contributed by atoms with Crippen molar-refractivity contribution in [3.05, 3.63) is 24.0 Å². The van der Waals surface area contributed by atoms with Crippen molar-refractivity contribution >= 4 is 13.8 Å². The Morgan fingerprint density at radius 3 is 2.26 bits per heavy atom. The number of rotatable bonds is 9. The van der Waals surface area contributed by atoms with E-state index in [2.05, 4.69) is 31.5 Å². The smallest absolute Gasteiger partial charge is 0.189 e. The Balaban J connectivity index is 1.66. The van der Waals surface area contributed by atoms with Crippen molar-refractivity contribution < 1.29 is 13.9 Å². The van der Waals surface area contributed by atoms with Crippen molar-refractivity contribution in [3.63, 3.8) is 0 Å². The fourth-order valence-electron chi connectivity index (χ4n) is 3.92. The summed E-state index contributed by atoms with van der Waals surface area (Å²) >= 11 is 0. The second kappa shape index (κ2) is 8.95. The fourth-order valence-corrected chi connectivity index (χ4v) is 4.68. The SMILES string of the molecule is CC1CCC(N(c2ccc(F)cc2OCOCC[Si](C)(C)C)C2CC2)CC1. The van der Waals surface area contributed by atoms with Crippen LogP contribution >= 0.6 is 0 Å². The number of ether oxygens (including phenoxy) is 2. The third-order valence-corrected chi connectivity index (χ3v) is 7.52. The van der Waals surface area contributed by atoms with Gasteiger partial charge in [0, 0.05) is 32.8 Å². The van der Waals surface area contributed by atoms with Gasteiger partial charge in [-0.15, -0.1) is 0 Å². The highest BCUT2D eigenvalue weighted by Crippen LogP contribution is 2.42. The molecule has 2 aliphatic carbocycles. The van der Waals surface area contributed by atoms with Crippen molar-refractivity contribution in [1.29, 1.82) is 0 Å². The molecule has 0 atom stereocenters. The molecule has 1 aromatic carbocycles. The number of hydrogen-bond donors (Lipinski definition) is 0. The molecule has 0 unspecified atom stereocenters. The van der Waals surface area contributed by atoms with Gasteiger partial charge >= 0.3 is 0 Å². The second-order valence-corrected chi connectivity index (χ2v) is 15.3. The van der Waals surface area contributed by atoms with Crippen LogP contribution in [-0.4, -0.2) is 33.6 Å². The van der Waals surface area contributed by atoms with E-state index in [9.17, 15) is 4.39 Å². The lowest BCUT2D eigenvalue weighted by molar-refractivity contribution is 0.0220. The van der Waals surface area contributed by atoms with Crippen molar-refractivity contribution in [2.45, 2.75) is 83.2 Å². The lowest BCUT2D eigenvalue weighted by Crippen LogP contribution is -2.40. The van der Waals surface area contributed by atoms with E-state index in [0.717, 1.165) is 17.6 Å². The molecule has 1 aromatic rings. The molecule has 0 heterocycles. The Kier molecular flexibility index (Phi) is 6.85. The number of anilines is 1. The van der Waals surface area contributed by atoms with Crippen LogP contribution in [0.2, 0.25) is 25.7 Å². The molecule has 2 fully saturated rings. The summed E-state index contributed by atoms with van der Waals surface area (Å²) < 4.78 is 25.5. The quantitative estimate of drug-likeness (QED) is 0.289. The summed E-state index contributed by atoms with van der Waals surface area (Å²) in [6.45, 7) is 10.3. The zero-order valence-electron chi connectivity index (χ0n) is 17.5. The molecular formula is C22H36FNO2Si. The highest BCUT2D eigenvalue weighted by Gasteiger charge is 2.37. The molecule has 3 rings (SSSR count). The third kappa shape index (κ3) is 6.21. The number of benzene rings is 1. The molecule has 0 saturated heterocycles. The molecular weight excluding hydrogens is 357 g/mol. The lowest BCUT2D eigenvalue weighted by atomic mass is 9.86. The Labute approximate surface area is 165 Å². The second-order valence-electron chi connectivity index (χ2n) is 9.65. The van der Waals surface area contributed by atoms with Gasteiger partial charge in [-0.25, -0.2) is 4.39 Å². The van der Waals surface area contributed by atoms with E-state index < -0.39 is 8.07 Å². The van der Waals surface area contributed by atoms with Gasteiger partial charge in [0.15, 0.2) is 6.79 Å². The summed E-state index contributed by atoms with van der Waals surface area (Å²) in [6, 6.07) is 7.25. The molecule has 3 nitrogen and oxygen atoms in total. The van der Waals surface area contributed by atoms with Crippen LogP contribution in [0.15, 0.2) is 18.2 Å².